The van der Waals surface area contributed by atoms with E-state index >= 15 is 0 Å². The van der Waals surface area contributed by atoms with Gasteiger partial charge in [-0.3, -0.25) is 4.79 Å². The zero-order valence-electron chi connectivity index (χ0n) is 13.4. The number of aromatic nitrogens is 1. The van der Waals surface area contributed by atoms with Gasteiger partial charge in [0.1, 0.15) is 5.76 Å². The van der Waals surface area contributed by atoms with E-state index in [9.17, 15) is 9.59 Å². The Morgan fingerprint density at radius 3 is 2.62 bits per heavy atom. The maximum atomic E-state index is 12.2. The minimum absolute atomic E-state index is 0.0867. The number of hydrogen-bond donors (Lipinski definition) is 0. The Hall–Kier alpha value is -2.67. The summed E-state index contributed by atoms with van der Waals surface area (Å²) in [5, 5.41) is 0. The molecule has 1 fully saturated rings. The lowest BCUT2D eigenvalue weighted by atomic mass is 10.2. The van der Waals surface area contributed by atoms with Crippen LogP contribution >= 0.6 is 0 Å². The summed E-state index contributed by atoms with van der Waals surface area (Å²) in [7, 11) is 0. The van der Waals surface area contributed by atoms with Crippen LogP contribution in [0.15, 0.2) is 34.7 Å². The van der Waals surface area contributed by atoms with Gasteiger partial charge in [0.2, 0.25) is 5.89 Å². The molecule has 3 rings (SSSR count). The van der Waals surface area contributed by atoms with E-state index in [-0.39, 0.29) is 18.2 Å². The molecule has 24 heavy (non-hydrogen) atoms. The minimum Gasteiger partial charge on any atom is -0.451 e. The highest BCUT2D eigenvalue weighted by atomic mass is 16.5. The molecule has 1 aromatic carbocycles. The number of ether oxygens (including phenoxy) is 2. The molecule has 2 aromatic rings. The van der Waals surface area contributed by atoms with Crippen LogP contribution in [0.4, 0.5) is 0 Å². The largest absolute Gasteiger partial charge is 0.451 e. The van der Waals surface area contributed by atoms with E-state index in [2.05, 4.69) is 4.98 Å². The van der Waals surface area contributed by atoms with Crippen LogP contribution in [0, 0.1) is 6.92 Å². The predicted octanol–water partition coefficient (Wildman–Crippen LogP) is 1.67. The second-order valence-corrected chi connectivity index (χ2v) is 5.36. The van der Waals surface area contributed by atoms with Crippen LogP contribution in [-0.4, -0.2) is 54.7 Å². The third-order valence-corrected chi connectivity index (χ3v) is 3.70. The summed E-state index contributed by atoms with van der Waals surface area (Å²) in [6.07, 6.45) is 0. The standard InChI is InChI=1S/C17H18N2O5/c1-12-15(18-16(24-12)13-5-3-2-4-6-13)17(21)23-11-14(20)19-7-9-22-10-8-19/h2-6H,7-11H2,1H3. The summed E-state index contributed by atoms with van der Waals surface area (Å²) in [5.41, 5.74) is 0.854. The number of esters is 1. The predicted molar refractivity (Wildman–Crippen MR) is 84.4 cm³/mol. The van der Waals surface area contributed by atoms with Crippen molar-refractivity contribution in [1.29, 1.82) is 0 Å². The summed E-state index contributed by atoms with van der Waals surface area (Å²) in [6, 6.07) is 9.26. The van der Waals surface area contributed by atoms with Crippen LogP contribution in [0.25, 0.3) is 11.5 Å². The van der Waals surface area contributed by atoms with Crippen LogP contribution < -0.4 is 0 Å². The first-order valence-electron chi connectivity index (χ1n) is 7.70. The summed E-state index contributed by atoms with van der Waals surface area (Å²) in [5.74, 6) is -0.201. The van der Waals surface area contributed by atoms with E-state index in [1.165, 1.54) is 0 Å². The third kappa shape index (κ3) is 3.62. The Balaban J connectivity index is 1.63. The smallest absolute Gasteiger partial charge is 0.361 e. The van der Waals surface area contributed by atoms with Gasteiger partial charge in [-0.15, -0.1) is 0 Å². The number of oxazole rings is 1. The number of hydrogen-bond acceptors (Lipinski definition) is 6. The highest BCUT2D eigenvalue weighted by Gasteiger charge is 2.22. The van der Waals surface area contributed by atoms with Crippen molar-refractivity contribution in [3.63, 3.8) is 0 Å². The van der Waals surface area contributed by atoms with Gasteiger partial charge in [-0.05, 0) is 19.1 Å². The van der Waals surface area contributed by atoms with Crippen molar-refractivity contribution in [2.24, 2.45) is 0 Å². The van der Waals surface area contributed by atoms with Crippen LogP contribution in [-0.2, 0) is 14.3 Å². The lowest BCUT2D eigenvalue weighted by Crippen LogP contribution is -2.42. The molecule has 2 heterocycles. The van der Waals surface area contributed by atoms with Gasteiger partial charge in [0.05, 0.1) is 13.2 Å². The van der Waals surface area contributed by atoms with Crippen molar-refractivity contribution in [3.8, 4) is 11.5 Å². The molecule has 0 spiro atoms. The quantitative estimate of drug-likeness (QED) is 0.793. The summed E-state index contributed by atoms with van der Waals surface area (Å²) < 4.78 is 15.8. The van der Waals surface area contributed by atoms with Crippen molar-refractivity contribution in [2.75, 3.05) is 32.9 Å². The Bertz CT molecular complexity index is 720. The Labute approximate surface area is 139 Å². The molecular formula is C17H18N2O5. The number of benzene rings is 1. The fraction of sp³-hybridized carbons (Fsp3) is 0.353. The van der Waals surface area contributed by atoms with Gasteiger partial charge in [0, 0.05) is 18.7 Å². The minimum atomic E-state index is -0.667. The van der Waals surface area contributed by atoms with Crippen LogP contribution in [0.2, 0.25) is 0 Å². The second-order valence-electron chi connectivity index (χ2n) is 5.36. The van der Waals surface area contributed by atoms with Gasteiger partial charge in [-0.1, -0.05) is 18.2 Å². The molecule has 1 aliphatic rings. The molecule has 1 saturated heterocycles. The fourth-order valence-corrected chi connectivity index (χ4v) is 2.39. The number of morpholine rings is 1. The van der Waals surface area contributed by atoms with Crippen molar-refractivity contribution < 1.29 is 23.5 Å². The van der Waals surface area contributed by atoms with Gasteiger partial charge >= 0.3 is 5.97 Å². The van der Waals surface area contributed by atoms with Crippen LogP contribution in [0.5, 0.6) is 0 Å². The third-order valence-electron chi connectivity index (χ3n) is 3.70. The number of carbonyl (C=O) groups excluding carboxylic acids is 2. The SMILES string of the molecule is Cc1oc(-c2ccccc2)nc1C(=O)OCC(=O)N1CCOCC1. The first-order chi connectivity index (χ1) is 11.6. The molecule has 1 aromatic heterocycles. The number of rotatable bonds is 4. The summed E-state index contributed by atoms with van der Waals surface area (Å²) in [6.45, 7) is 3.35. The molecule has 7 heteroatoms. The van der Waals surface area contributed by atoms with Crippen molar-refractivity contribution >= 4 is 11.9 Å². The monoisotopic (exact) mass is 330 g/mol. The highest BCUT2D eigenvalue weighted by Crippen LogP contribution is 2.21. The zero-order valence-corrected chi connectivity index (χ0v) is 13.4. The molecule has 0 atom stereocenters. The zero-order chi connectivity index (χ0) is 16.9. The maximum Gasteiger partial charge on any atom is 0.361 e. The Morgan fingerprint density at radius 2 is 1.92 bits per heavy atom. The topological polar surface area (TPSA) is 81.9 Å². The molecule has 7 nitrogen and oxygen atoms in total. The average Bonchev–Trinajstić information content (AvgIpc) is 3.03. The summed E-state index contributed by atoms with van der Waals surface area (Å²) in [4.78, 5) is 29.9. The first kappa shape index (κ1) is 16.2. The maximum absolute atomic E-state index is 12.2. The molecular weight excluding hydrogens is 312 g/mol. The molecule has 0 aliphatic carbocycles. The van der Waals surface area contributed by atoms with E-state index in [0.717, 1.165) is 5.56 Å². The number of aryl methyl sites for hydroxylation is 1. The van der Waals surface area contributed by atoms with E-state index in [4.69, 9.17) is 13.9 Å². The number of amides is 1. The van der Waals surface area contributed by atoms with E-state index in [1.807, 2.05) is 30.3 Å². The normalized spacial score (nSPS) is 14.5. The molecule has 0 bridgehead atoms. The number of nitrogens with zero attached hydrogens (tertiary/aromatic N) is 2. The van der Waals surface area contributed by atoms with E-state index in [0.29, 0.717) is 38.0 Å². The van der Waals surface area contributed by atoms with Crippen LogP contribution in [0.1, 0.15) is 16.2 Å². The van der Waals surface area contributed by atoms with E-state index < -0.39 is 5.97 Å². The van der Waals surface area contributed by atoms with E-state index in [1.54, 1.807) is 11.8 Å². The second kappa shape index (κ2) is 7.27. The molecule has 0 radical (unpaired) electrons. The Kier molecular flexibility index (Phi) is 4.90. The number of carbonyl (C=O) groups is 2. The van der Waals surface area contributed by atoms with Crippen LogP contribution in [0.3, 0.4) is 0 Å². The van der Waals surface area contributed by atoms with Crippen molar-refractivity contribution in [3.05, 3.63) is 41.8 Å². The van der Waals surface area contributed by atoms with Gasteiger partial charge in [-0.25, -0.2) is 9.78 Å². The molecule has 0 N–H and O–H groups in total. The molecule has 126 valence electrons. The fourth-order valence-electron chi connectivity index (χ4n) is 2.39. The van der Waals surface area contributed by atoms with Crippen molar-refractivity contribution in [1.82, 2.24) is 9.88 Å². The molecule has 0 saturated carbocycles. The van der Waals surface area contributed by atoms with Crippen molar-refractivity contribution in [2.45, 2.75) is 6.92 Å². The lowest BCUT2D eigenvalue weighted by Gasteiger charge is -2.26. The highest BCUT2D eigenvalue weighted by molar-refractivity contribution is 5.90. The lowest BCUT2D eigenvalue weighted by molar-refractivity contribution is -0.138. The van der Waals surface area contributed by atoms with Gasteiger partial charge in [0.15, 0.2) is 12.3 Å². The van der Waals surface area contributed by atoms with Gasteiger partial charge in [0.25, 0.3) is 5.91 Å². The molecule has 1 aliphatic heterocycles. The first-order valence-corrected chi connectivity index (χ1v) is 7.70. The van der Waals surface area contributed by atoms with Gasteiger partial charge in [-0.2, -0.15) is 0 Å². The molecule has 0 unspecified atom stereocenters. The average molecular weight is 330 g/mol. The molecule has 1 amide bonds. The summed E-state index contributed by atoms with van der Waals surface area (Å²) >= 11 is 0. The Morgan fingerprint density at radius 1 is 1.21 bits per heavy atom. The van der Waals surface area contributed by atoms with Gasteiger partial charge < -0.3 is 18.8 Å².